The van der Waals surface area contributed by atoms with E-state index in [9.17, 15) is 4.39 Å². The number of nitrogens with one attached hydrogen (secondary N) is 1. The van der Waals surface area contributed by atoms with Gasteiger partial charge in [0.2, 0.25) is 0 Å². The first-order chi connectivity index (χ1) is 8.63. The lowest BCUT2D eigenvalue weighted by atomic mass is 9.92. The molecule has 1 aliphatic heterocycles. The normalized spacial score (nSPS) is 27.1. The molecule has 1 aromatic carbocycles. The number of hydrogen-bond donors (Lipinski definition) is 1. The molecule has 1 N–H and O–H groups in total. The van der Waals surface area contributed by atoms with Gasteiger partial charge in [-0.05, 0) is 32.4 Å². The average molecular weight is 250 g/mol. The molecule has 0 bridgehead atoms. The summed E-state index contributed by atoms with van der Waals surface area (Å²) < 4.78 is 13.8. The smallest absolute Gasteiger partial charge is 0.127 e. The van der Waals surface area contributed by atoms with Crippen molar-refractivity contribution in [1.82, 2.24) is 10.2 Å². The molecule has 0 aliphatic carbocycles. The summed E-state index contributed by atoms with van der Waals surface area (Å²) in [6.45, 7) is 6.43. The Balaban J connectivity index is 2.07. The van der Waals surface area contributed by atoms with Crippen LogP contribution in [0.1, 0.15) is 31.9 Å². The number of benzene rings is 1. The van der Waals surface area contributed by atoms with Crippen molar-refractivity contribution in [2.45, 2.75) is 32.4 Å². The number of likely N-dealkylation sites (tertiary alicyclic amines) is 1. The van der Waals surface area contributed by atoms with Gasteiger partial charge in [-0.2, -0.15) is 0 Å². The first kappa shape index (κ1) is 13.5. The molecule has 1 aliphatic rings. The quantitative estimate of drug-likeness (QED) is 0.887. The Kier molecular flexibility index (Phi) is 4.36. The largest absolute Gasteiger partial charge is 0.317 e. The molecule has 100 valence electrons. The molecule has 0 amide bonds. The molecular formula is C15H23FN2. The molecular weight excluding hydrogens is 227 g/mol. The molecule has 2 nitrogen and oxygen atoms in total. The van der Waals surface area contributed by atoms with Crippen LogP contribution < -0.4 is 5.32 Å². The van der Waals surface area contributed by atoms with Crippen LogP contribution in [0.4, 0.5) is 4.39 Å². The van der Waals surface area contributed by atoms with E-state index in [0.717, 1.165) is 25.1 Å². The van der Waals surface area contributed by atoms with Crippen molar-refractivity contribution in [1.29, 1.82) is 0 Å². The van der Waals surface area contributed by atoms with E-state index < -0.39 is 0 Å². The van der Waals surface area contributed by atoms with Gasteiger partial charge >= 0.3 is 0 Å². The second-order valence-electron chi connectivity index (χ2n) is 5.35. The predicted molar refractivity (Wildman–Crippen MR) is 73.0 cm³/mol. The summed E-state index contributed by atoms with van der Waals surface area (Å²) in [5, 5.41) is 3.36. The summed E-state index contributed by atoms with van der Waals surface area (Å²) in [7, 11) is 2.02. The molecule has 0 saturated carbocycles. The molecule has 18 heavy (non-hydrogen) atoms. The fraction of sp³-hybridized carbons (Fsp3) is 0.600. The van der Waals surface area contributed by atoms with Crippen molar-refractivity contribution < 1.29 is 4.39 Å². The number of nitrogens with zero attached hydrogens (tertiary/aromatic N) is 1. The third-order valence-electron chi connectivity index (χ3n) is 4.21. The van der Waals surface area contributed by atoms with Crippen LogP contribution >= 0.6 is 0 Å². The summed E-state index contributed by atoms with van der Waals surface area (Å²) in [5.41, 5.74) is 0.813. The molecule has 1 heterocycles. The number of hydrogen-bond acceptors (Lipinski definition) is 2. The van der Waals surface area contributed by atoms with Crippen LogP contribution in [0.3, 0.4) is 0 Å². The topological polar surface area (TPSA) is 15.3 Å². The fourth-order valence-electron chi connectivity index (χ4n) is 2.97. The first-order valence-electron chi connectivity index (χ1n) is 6.79. The lowest BCUT2D eigenvalue weighted by Gasteiger charge is -2.40. The van der Waals surface area contributed by atoms with Crippen molar-refractivity contribution in [3.8, 4) is 0 Å². The zero-order valence-electron chi connectivity index (χ0n) is 11.5. The van der Waals surface area contributed by atoms with Gasteiger partial charge in [-0.15, -0.1) is 0 Å². The van der Waals surface area contributed by atoms with Crippen molar-refractivity contribution in [2.75, 3.05) is 20.1 Å². The lowest BCUT2D eigenvalue weighted by molar-refractivity contribution is 0.112. The Labute approximate surface area is 109 Å². The lowest BCUT2D eigenvalue weighted by Crippen LogP contribution is -2.47. The van der Waals surface area contributed by atoms with Crippen molar-refractivity contribution in [3.05, 3.63) is 35.6 Å². The van der Waals surface area contributed by atoms with Crippen molar-refractivity contribution in [2.24, 2.45) is 5.92 Å². The monoisotopic (exact) mass is 250 g/mol. The number of rotatable bonds is 3. The number of halogens is 1. The van der Waals surface area contributed by atoms with Gasteiger partial charge in [-0.25, -0.2) is 4.39 Å². The van der Waals surface area contributed by atoms with E-state index in [1.54, 1.807) is 12.1 Å². The van der Waals surface area contributed by atoms with Crippen LogP contribution in [0.25, 0.3) is 0 Å². The zero-order chi connectivity index (χ0) is 13.1. The van der Waals surface area contributed by atoms with Crippen LogP contribution in [0.2, 0.25) is 0 Å². The minimum Gasteiger partial charge on any atom is -0.317 e. The van der Waals surface area contributed by atoms with E-state index in [-0.39, 0.29) is 11.9 Å². The summed E-state index contributed by atoms with van der Waals surface area (Å²) >= 11 is 0. The Bertz CT molecular complexity index is 394. The van der Waals surface area contributed by atoms with E-state index in [0.29, 0.717) is 12.0 Å². The molecule has 3 unspecified atom stereocenters. The standard InChI is InChI=1S/C15H23FN2/c1-11-10-18(9-8-15(11)17-3)12(2)13-6-4-5-7-14(13)16/h4-7,11-12,15,17H,8-10H2,1-3H3. The summed E-state index contributed by atoms with van der Waals surface area (Å²) in [6, 6.07) is 7.87. The highest BCUT2D eigenvalue weighted by Gasteiger charge is 2.28. The van der Waals surface area contributed by atoms with Gasteiger partial charge in [0.1, 0.15) is 5.82 Å². The van der Waals surface area contributed by atoms with Gasteiger partial charge in [0.25, 0.3) is 0 Å². The van der Waals surface area contributed by atoms with Gasteiger partial charge in [0.15, 0.2) is 0 Å². The van der Waals surface area contributed by atoms with E-state index in [1.165, 1.54) is 0 Å². The van der Waals surface area contributed by atoms with Gasteiger partial charge in [-0.1, -0.05) is 25.1 Å². The fourth-order valence-corrected chi connectivity index (χ4v) is 2.97. The highest BCUT2D eigenvalue weighted by molar-refractivity contribution is 5.20. The van der Waals surface area contributed by atoms with E-state index in [4.69, 9.17) is 0 Å². The maximum absolute atomic E-state index is 13.8. The molecule has 0 spiro atoms. The van der Waals surface area contributed by atoms with Crippen LogP contribution in [0.15, 0.2) is 24.3 Å². The van der Waals surface area contributed by atoms with Gasteiger partial charge in [0, 0.05) is 30.7 Å². The van der Waals surface area contributed by atoms with E-state index in [1.807, 2.05) is 19.2 Å². The Morgan fingerprint density at radius 2 is 2.11 bits per heavy atom. The highest BCUT2D eigenvalue weighted by Crippen LogP contribution is 2.27. The van der Waals surface area contributed by atoms with Crippen LogP contribution in [0, 0.1) is 11.7 Å². The summed E-state index contributed by atoms with van der Waals surface area (Å²) in [4.78, 5) is 2.39. The van der Waals surface area contributed by atoms with Crippen molar-refractivity contribution >= 4 is 0 Å². The molecule has 1 saturated heterocycles. The second-order valence-corrected chi connectivity index (χ2v) is 5.35. The SMILES string of the molecule is CNC1CCN(C(C)c2ccccc2F)CC1C. The van der Waals surface area contributed by atoms with E-state index in [2.05, 4.69) is 24.1 Å². The Morgan fingerprint density at radius 3 is 2.72 bits per heavy atom. The minimum absolute atomic E-state index is 0.0895. The predicted octanol–water partition coefficient (Wildman–Crippen LogP) is 2.82. The third kappa shape index (κ3) is 2.73. The van der Waals surface area contributed by atoms with E-state index >= 15 is 0 Å². The molecule has 3 atom stereocenters. The van der Waals surface area contributed by atoms with Gasteiger partial charge in [0.05, 0.1) is 0 Å². The van der Waals surface area contributed by atoms with Crippen LogP contribution in [0.5, 0.6) is 0 Å². The summed E-state index contributed by atoms with van der Waals surface area (Å²) in [5.74, 6) is 0.520. The Morgan fingerprint density at radius 1 is 1.39 bits per heavy atom. The molecule has 0 aromatic heterocycles. The second kappa shape index (κ2) is 5.81. The molecule has 1 fully saturated rings. The molecule has 3 heteroatoms. The van der Waals surface area contributed by atoms with Gasteiger partial charge in [-0.3, -0.25) is 4.90 Å². The van der Waals surface area contributed by atoms with Crippen LogP contribution in [-0.2, 0) is 0 Å². The highest BCUT2D eigenvalue weighted by atomic mass is 19.1. The Hall–Kier alpha value is -0.930. The molecule has 0 radical (unpaired) electrons. The minimum atomic E-state index is -0.0895. The summed E-state index contributed by atoms with van der Waals surface area (Å²) in [6.07, 6.45) is 1.14. The van der Waals surface area contributed by atoms with Gasteiger partial charge < -0.3 is 5.32 Å². The number of piperidine rings is 1. The first-order valence-corrected chi connectivity index (χ1v) is 6.79. The zero-order valence-corrected chi connectivity index (χ0v) is 11.5. The molecule has 1 aromatic rings. The maximum Gasteiger partial charge on any atom is 0.127 e. The van der Waals surface area contributed by atoms with Crippen LogP contribution in [-0.4, -0.2) is 31.1 Å². The van der Waals surface area contributed by atoms with Crippen molar-refractivity contribution in [3.63, 3.8) is 0 Å². The maximum atomic E-state index is 13.8. The molecule has 2 rings (SSSR count). The average Bonchev–Trinajstić information content (AvgIpc) is 2.38. The third-order valence-corrected chi connectivity index (χ3v) is 4.21.